The second-order valence-corrected chi connectivity index (χ2v) is 2.99. The van der Waals surface area contributed by atoms with Crippen LogP contribution in [0.25, 0.3) is 0 Å². The number of hydrogen-bond donors (Lipinski definition) is 1. The van der Waals surface area contributed by atoms with Crippen molar-refractivity contribution in [2.24, 2.45) is 0 Å². The third-order valence-corrected chi connectivity index (χ3v) is 1.93. The van der Waals surface area contributed by atoms with Gasteiger partial charge < -0.3 is 5.32 Å². The molecule has 1 rings (SSSR count). The van der Waals surface area contributed by atoms with Gasteiger partial charge in [-0.25, -0.2) is 0 Å². The summed E-state index contributed by atoms with van der Waals surface area (Å²) in [6.45, 7) is 6.36. The third-order valence-electron chi connectivity index (χ3n) is 1.65. The van der Waals surface area contributed by atoms with Gasteiger partial charge in [0.1, 0.15) is 0 Å². The highest BCUT2D eigenvalue weighted by molar-refractivity contribution is 6.20. The first-order valence-corrected chi connectivity index (χ1v) is 3.83. The standard InChI is InChI=1S/C6H13ClN2/c1-6(7)9-4-2-8-3-5-9/h6,8H,2-5H2,1H3. The summed E-state index contributed by atoms with van der Waals surface area (Å²) in [5.74, 6) is 0. The maximum Gasteiger partial charge on any atom is 0.0822 e. The minimum Gasteiger partial charge on any atom is -0.314 e. The van der Waals surface area contributed by atoms with Crippen LogP contribution in [-0.4, -0.2) is 36.6 Å². The van der Waals surface area contributed by atoms with E-state index in [-0.39, 0.29) is 5.50 Å². The smallest absolute Gasteiger partial charge is 0.0822 e. The molecule has 0 amide bonds. The summed E-state index contributed by atoms with van der Waals surface area (Å²) in [5.41, 5.74) is 0.201. The molecule has 1 saturated heterocycles. The van der Waals surface area contributed by atoms with Crippen molar-refractivity contribution in [1.29, 1.82) is 0 Å². The zero-order valence-electron chi connectivity index (χ0n) is 5.73. The van der Waals surface area contributed by atoms with Crippen molar-refractivity contribution in [2.75, 3.05) is 26.2 Å². The topological polar surface area (TPSA) is 15.3 Å². The van der Waals surface area contributed by atoms with Crippen molar-refractivity contribution in [2.45, 2.75) is 12.4 Å². The molecule has 0 aromatic rings. The van der Waals surface area contributed by atoms with E-state index in [1.807, 2.05) is 6.92 Å². The Kier molecular flexibility index (Phi) is 2.76. The molecule has 0 aromatic carbocycles. The summed E-state index contributed by atoms with van der Waals surface area (Å²) in [4.78, 5) is 2.26. The summed E-state index contributed by atoms with van der Waals surface area (Å²) in [6.07, 6.45) is 0. The number of nitrogens with zero attached hydrogens (tertiary/aromatic N) is 1. The van der Waals surface area contributed by atoms with Crippen LogP contribution in [0.5, 0.6) is 0 Å². The number of nitrogens with one attached hydrogen (secondary N) is 1. The molecule has 0 aromatic heterocycles. The molecule has 1 unspecified atom stereocenters. The fourth-order valence-electron chi connectivity index (χ4n) is 1.04. The van der Waals surface area contributed by atoms with Crippen LogP contribution < -0.4 is 5.32 Å². The molecule has 1 aliphatic rings. The summed E-state index contributed by atoms with van der Waals surface area (Å²) in [5, 5.41) is 3.27. The van der Waals surface area contributed by atoms with Gasteiger partial charge in [0.15, 0.2) is 0 Å². The summed E-state index contributed by atoms with van der Waals surface area (Å²) >= 11 is 5.85. The molecule has 1 atom stereocenters. The molecule has 1 heterocycles. The Morgan fingerprint density at radius 3 is 2.33 bits per heavy atom. The number of hydrogen-bond acceptors (Lipinski definition) is 2. The molecule has 1 fully saturated rings. The van der Waals surface area contributed by atoms with Gasteiger partial charge in [-0.15, -0.1) is 11.6 Å². The molecule has 0 radical (unpaired) electrons. The average Bonchev–Trinajstić information content (AvgIpc) is 1.90. The Hall–Kier alpha value is 0.210. The maximum atomic E-state index is 5.85. The SMILES string of the molecule is CC(Cl)N1CCNCC1. The Balaban J connectivity index is 2.23. The lowest BCUT2D eigenvalue weighted by atomic mass is 10.4. The molecule has 1 aliphatic heterocycles. The second-order valence-electron chi connectivity index (χ2n) is 2.36. The van der Waals surface area contributed by atoms with Crippen LogP contribution in [0.1, 0.15) is 6.92 Å². The number of rotatable bonds is 1. The molecule has 54 valence electrons. The van der Waals surface area contributed by atoms with Crippen LogP contribution in [0.3, 0.4) is 0 Å². The van der Waals surface area contributed by atoms with E-state index < -0.39 is 0 Å². The monoisotopic (exact) mass is 148 g/mol. The molecule has 0 bridgehead atoms. The molecular weight excluding hydrogens is 136 g/mol. The number of halogens is 1. The Morgan fingerprint density at radius 2 is 2.00 bits per heavy atom. The Morgan fingerprint density at radius 1 is 1.44 bits per heavy atom. The predicted molar refractivity (Wildman–Crippen MR) is 39.8 cm³/mol. The molecule has 3 heteroatoms. The lowest BCUT2D eigenvalue weighted by Gasteiger charge is -2.28. The average molecular weight is 149 g/mol. The van der Waals surface area contributed by atoms with E-state index in [1.54, 1.807) is 0 Å². The van der Waals surface area contributed by atoms with E-state index in [0.29, 0.717) is 0 Å². The van der Waals surface area contributed by atoms with Crippen LogP contribution in [0.15, 0.2) is 0 Å². The van der Waals surface area contributed by atoms with Gasteiger partial charge in [-0.2, -0.15) is 0 Å². The van der Waals surface area contributed by atoms with Crippen molar-refractivity contribution in [3.8, 4) is 0 Å². The van der Waals surface area contributed by atoms with Crippen molar-refractivity contribution in [3.63, 3.8) is 0 Å². The van der Waals surface area contributed by atoms with Crippen molar-refractivity contribution in [3.05, 3.63) is 0 Å². The van der Waals surface area contributed by atoms with Gasteiger partial charge in [0.25, 0.3) is 0 Å². The normalized spacial score (nSPS) is 26.0. The largest absolute Gasteiger partial charge is 0.314 e. The highest BCUT2D eigenvalue weighted by atomic mass is 35.5. The zero-order valence-corrected chi connectivity index (χ0v) is 6.49. The quantitative estimate of drug-likeness (QED) is 0.430. The first-order chi connectivity index (χ1) is 4.30. The molecule has 0 saturated carbocycles. The molecule has 0 aliphatic carbocycles. The number of alkyl halides is 1. The lowest BCUT2D eigenvalue weighted by molar-refractivity contribution is 0.231. The van der Waals surface area contributed by atoms with Gasteiger partial charge in [0.2, 0.25) is 0 Å². The Bertz CT molecular complexity index is 79.1. The van der Waals surface area contributed by atoms with E-state index >= 15 is 0 Å². The first-order valence-electron chi connectivity index (χ1n) is 3.39. The minimum absolute atomic E-state index is 0.201. The van der Waals surface area contributed by atoms with Crippen LogP contribution in [-0.2, 0) is 0 Å². The highest BCUT2D eigenvalue weighted by Crippen LogP contribution is 2.03. The summed E-state index contributed by atoms with van der Waals surface area (Å²) in [7, 11) is 0. The second kappa shape index (κ2) is 3.40. The fourth-order valence-corrected chi connectivity index (χ4v) is 1.23. The predicted octanol–water partition coefficient (Wildman–Crippen LogP) is 0.476. The van der Waals surface area contributed by atoms with E-state index in [2.05, 4.69) is 10.2 Å². The van der Waals surface area contributed by atoms with Crippen molar-refractivity contribution >= 4 is 11.6 Å². The fraction of sp³-hybridized carbons (Fsp3) is 1.00. The van der Waals surface area contributed by atoms with Crippen LogP contribution in [0, 0.1) is 0 Å². The zero-order chi connectivity index (χ0) is 6.69. The van der Waals surface area contributed by atoms with Crippen molar-refractivity contribution < 1.29 is 0 Å². The molecular formula is C6H13ClN2. The van der Waals surface area contributed by atoms with Gasteiger partial charge in [-0.3, -0.25) is 4.90 Å². The highest BCUT2D eigenvalue weighted by Gasteiger charge is 2.12. The molecule has 0 spiro atoms. The van der Waals surface area contributed by atoms with E-state index in [0.717, 1.165) is 26.2 Å². The van der Waals surface area contributed by atoms with Gasteiger partial charge in [0.05, 0.1) is 5.50 Å². The van der Waals surface area contributed by atoms with Gasteiger partial charge in [0, 0.05) is 26.2 Å². The summed E-state index contributed by atoms with van der Waals surface area (Å²) < 4.78 is 0. The van der Waals surface area contributed by atoms with Crippen LogP contribution in [0.4, 0.5) is 0 Å². The third kappa shape index (κ3) is 2.12. The van der Waals surface area contributed by atoms with E-state index in [4.69, 9.17) is 11.6 Å². The van der Waals surface area contributed by atoms with Crippen molar-refractivity contribution in [1.82, 2.24) is 10.2 Å². The molecule has 1 N–H and O–H groups in total. The molecule has 2 nitrogen and oxygen atoms in total. The Labute approximate surface area is 61.2 Å². The lowest BCUT2D eigenvalue weighted by Crippen LogP contribution is -2.45. The van der Waals surface area contributed by atoms with Gasteiger partial charge in [-0.1, -0.05) is 0 Å². The van der Waals surface area contributed by atoms with E-state index in [1.165, 1.54) is 0 Å². The summed E-state index contributed by atoms with van der Waals surface area (Å²) in [6, 6.07) is 0. The van der Waals surface area contributed by atoms with Crippen LogP contribution >= 0.6 is 11.6 Å². The molecule has 9 heavy (non-hydrogen) atoms. The first kappa shape index (κ1) is 7.32. The number of piperazine rings is 1. The minimum atomic E-state index is 0.201. The van der Waals surface area contributed by atoms with Crippen LogP contribution in [0.2, 0.25) is 0 Å². The van der Waals surface area contributed by atoms with E-state index in [9.17, 15) is 0 Å². The van der Waals surface area contributed by atoms with Gasteiger partial charge in [-0.05, 0) is 6.92 Å². The van der Waals surface area contributed by atoms with Gasteiger partial charge >= 0.3 is 0 Å². The maximum absolute atomic E-state index is 5.85.